The van der Waals surface area contributed by atoms with Gasteiger partial charge in [0.1, 0.15) is 23.2 Å². The smallest absolute Gasteiger partial charge is 0.408 e. The minimum atomic E-state index is -3.87. The number of ether oxygens (including phenoxy) is 1. The van der Waals surface area contributed by atoms with Crippen LogP contribution in [0.3, 0.4) is 0 Å². The normalized spacial score (nSPS) is 28.1. The lowest BCUT2D eigenvalue weighted by Gasteiger charge is -2.32. The third kappa shape index (κ3) is 9.76. The highest BCUT2D eigenvalue weighted by Crippen LogP contribution is 2.50. The first-order valence-corrected chi connectivity index (χ1v) is 22.3. The highest BCUT2D eigenvalue weighted by atomic mass is 32.2. The Bertz CT molecular complexity index is 1860. The van der Waals surface area contributed by atoms with Crippen LogP contribution in [0.5, 0.6) is 0 Å². The average molecular weight is 793 g/mol. The van der Waals surface area contributed by atoms with Gasteiger partial charge in [-0.2, -0.15) is 0 Å². The number of amides is 4. The van der Waals surface area contributed by atoms with E-state index in [2.05, 4.69) is 58.7 Å². The van der Waals surface area contributed by atoms with E-state index in [4.69, 9.17) is 4.74 Å². The summed E-state index contributed by atoms with van der Waals surface area (Å²) in [5.74, 6) is -1.25. The second-order valence-electron chi connectivity index (χ2n) is 16.5. The summed E-state index contributed by atoms with van der Waals surface area (Å²) in [5, 5.41) is 5.24. The van der Waals surface area contributed by atoms with E-state index < -0.39 is 67.1 Å². The molecular weight excluding hydrogens is 737 g/mol. The molecule has 5 atom stereocenters. The Kier molecular flexibility index (Phi) is 12.4. The van der Waals surface area contributed by atoms with Gasteiger partial charge in [0.25, 0.3) is 5.91 Å². The molecule has 4 aliphatic rings. The zero-order valence-electron chi connectivity index (χ0n) is 32.5. The lowest BCUT2D eigenvalue weighted by Crippen LogP contribution is -2.58. The van der Waals surface area contributed by atoms with E-state index in [9.17, 15) is 27.6 Å². The van der Waals surface area contributed by atoms with Crippen molar-refractivity contribution in [3.8, 4) is 11.1 Å². The van der Waals surface area contributed by atoms with Crippen molar-refractivity contribution in [3.05, 3.63) is 72.3 Å². The molecule has 2 aliphatic carbocycles. The summed E-state index contributed by atoms with van der Waals surface area (Å²) < 4.78 is 33.1. The molecule has 2 aromatic carbocycles. The van der Waals surface area contributed by atoms with Crippen LogP contribution in [-0.4, -0.2) is 77.9 Å². The first kappa shape index (κ1) is 40.8. The van der Waals surface area contributed by atoms with Gasteiger partial charge in [-0.05, 0) is 94.6 Å². The minimum absolute atomic E-state index is 0.202. The van der Waals surface area contributed by atoms with Crippen LogP contribution in [0.1, 0.15) is 104 Å². The van der Waals surface area contributed by atoms with Crippen molar-refractivity contribution < 1.29 is 32.3 Å². The largest absolute Gasteiger partial charge is 0.444 e. The number of hydrogen-bond donors (Lipinski definition) is 3. The molecule has 2 aromatic rings. The maximum Gasteiger partial charge on any atom is 0.408 e. The summed E-state index contributed by atoms with van der Waals surface area (Å²) in [6.45, 7) is 7.61. The lowest BCUT2D eigenvalue weighted by atomic mass is 9.93. The number of sulfonamides is 1. The third-order valence-electron chi connectivity index (χ3n) is 11.0. The van der Waals surface area contributed by atoms with Crippen molar-refractivity contribution in [1.29, 1.82) is 0 Å². The Morgan fingerprint density at radius 1 is 0.964 bits per heavy atom. The first-order chi connectivity index (χ1) is 26.2. The van der Waals surface area contributed by atoms with Crippen molar-refractivity contribution in [2.45, 2.75) is 132 Å². The number of thioether (sulfide) groups is 1. The van der Waals surface area contributed by atoms with Crippen molar-refractivity contribution in [2.75, 3.05) is 12.3 Å². The lowest BCUT2D eigenvalue weighted by molar-refractivity contribution is -0.141. The summed E-state index contributed by atoms with van der Waals surface area (Å²) in [5.41, 5.74) is 0.851. The fourth-order valence-electron chi connectivity index (χ4n) is 7.67. The average Bonchev–Trinajstić information content (AvgIpc) is 4.07. The molecule has 2 saturated carbocycles. The number of alkyl carbamates (subject to hydrolysis) is 1. The Balaban J connectivity index is 1.38. The Hall–Kier alpha value is -3.84. The Labute approximate surface area is 330 Å². The van der Waals surface area contributed by atoms with Gasteiger partial charge >= 0.3 is 6.09 Å². The summed E-state index contributed by atoms with van der Waals surface area (Å²) in [7, 11) is -3.87. The zero-order valence-corrected chi connectivity index (χ0v) is 34.1. The standard InChI is InChI=1S/C42H56N4O7S2/c1-5-6-25-54-41(31-21-19-30(20-22-31)29-15-11-10-12-16-29)27-35-36(47)44-42(38(49)45-55(51,52)33-23-24-33)26-32(42)17-13-8-7-9-14-18-34(37(48)46(35)28-41)43-39(50)53-40(2,3)4/h10-13,15-17,19-22,32-35H,5-9,14,18,23-28H2,1-4H3,(H,43,50)(H,44,47)(H,45,49)/b17-13-/t32-,34+,35+,41+,42-/m1/s1. The maximum atomic E-state index is 14.9. The number of rotatable bonds is 10. The summed E-state index contributed by atoms with van der Waals surface area (Å²) in [4.78, 5) is 58.3. The highest BCUT2D eigenvalue weighted by Gasteiger charge is 2.62. The van der Waals surface area contributed by atoms with Crippen LogP contribution < -0.4 is 15.4 Å². The van der Waals surface area contributed by atoms with Crippen molar-refractivity contribution >= 4 is 45.6 Å². The molecule has 1 saturated heterocycles. The number of allylic oxidation sites excluding steroid dienone is 1. The van der Waals surface area contributed by atoms with Crippen LogP contribution in [0.15, 0.2) is 66.7 Å². The van der Waals surface area contributed by atoms with Crippen molar-refractivity contribution in [3.63, 3.8) is 0 Å². The zero-order chi connectivity index (χ0) is 39.4. The van der Waals surface area contributed by atoms with E-state index in [1.807, 2.05) is 30.4 Å². The third-order valence-corrected chi connectivity index (χ3v) is 14.4. The number of nitrogens with zero attached hydrogens (tertiary/aromatic N) is 1. The van der Waals surface area contributed by atoms with E-state index in [1.165, 1.54) is 0 Å². The molecule has 0 spiro atoms. The number of carbonyl (C=O) groups excluding carboxylic acids is 4. The number of nitrogens with one attached hydrogen (secondary N) is 3. The van der Waals surface area contributed by atoms with E-state index in [0.717, 1.165) is 54.5 Å². The fraction of sp³-hybridized carbons (Fsp3) is 0.571. The predicted molar refractivity (Wildman–Crippen MR) is 215 cm³/mol. The second-order valence-corrected chi connectivity index (χ2v) is 20.0. The van der Waals surface area contributed by atoms with E-state index in [0.29, 0.717) is 25.7 Å². The molecular formula is C42H56N4O7S2. The minimum Gasteiger partial charge on any atom is -0.444 e. The van der Waals surface area contributed by atoms with Gasteiger partial charge in [-0.15, -0.1) is 11.8 Å². The molecule has 0 radical (unpaired) electrons. The second kappa shape index (κ2) is 16.7. The molecule has 6 rings (SSSR count). The van der Waals surface area contributed by atoms with E-state index in [1.54, 1.807) is 37.4 Å². The highest BCUT2D eigenvalue weighted by molar-refractivity contribution is 8.00. The SMILES string of the molecule is CCCCS[C@@]1(c2ccc(-c3ccccc3)cc2)C[C@H]2C(=O)N[C@]3(C(=O)NS(=O)(=O)C4CC4)C[C@H]3/C=C\CCCCC[C@H](NC(=O)OC(C)(C)C)C(=O)N2C1. The van der Waals surface area contributed by atoms with Crippen LogP contribution in [0, 0.1) is 5.92 Å². The van der Waals surface area contributed by atoms with Gasteiger partial charge in [0.15, 0.2) is 0 Å². The van der Waals surface area contributed by atoms with Crippen LogP contribution in [0.4, 0.5) is 4.79 Å². The summed E-state index contributed by atoms with van der Waals surface area (Å²) in [6, 6.07) is 16.4. The molecule has 55 heavy (non-hydrogen) atoms. The molecule has 3 N–H and O–H groups in total. The fourth-order valence-corrected chi connectivity index (χ4v) is 10.7. The van der Waals surface area contributed by atoms with Gasteiger partial charge in [-0.3, -0.25) is 19.1 Å². The van der Waals surface area contributed by atoms with E-state index in [-0.39, 0.29) is 25.3 Å². The number of hydrogen-bond acceptors (Lipinski definition) is 8. The van der Waals surface area contributed by atoms with Crippen molar-refractivity contribution in [2.24, 2.45) is 5.92 Å². The molecule has 4 amide bonds. The topological polar surface area (TPSA) is 151 Å². The molecule has 3 fully saturated rings. The van der Waals surface area contributed by atoms with Gasteiger partial charge in [0.2, 0.25) is 21.8 Å². The van der Waals surface area contributed by atoms with Crippen molar-refractivity contribution in [1.82, 2.24) is 20.3 Å². The monoisotopic (exact) mass is 792 g/mol. The molecule has 2 heterocycles. The van der Waals surface area contributed by atoms with Crippen LogP contribution >= 0.6 is 11.8 Å². The molecule has 0 bridgehead atoms. The van der Waals surface area contributed by atoms with E-state index >= 15 is 0 Å². The molecule has 13 heteroatoms. The molecule has 0 unspecified atom stereocenters. The van der Waals surface area contributed by atoms with Gasteiger partial charge in [-0.25, -0.2) is 13.2 Å². The van der Waals surface area contributed by atoms with Crippen LogP contribution in [0.25, 0.3) is 11.1 Å². The van der Waals surface area contributed by atoms with Crippen LogP contribution in [0.2, 0.25) is 0 Å². The quantitative estimate of drug-likeness (QED) is 0.181. The Morgan fingerprint density at radius 2 is 1.67 bits per heavy atom. The van der Waals surface area contributed by atoms with Gasteiger partial charge in [0.05, 0.1) is 10.00 Å². The van der Waals surface area contributed by atoms with Gasteiger partial charge < -0.3 is 20.3 Å². The molecule has 0 aromatic heterocycles. The van der Waals surface area contributed by atoms with Gasteiger partial charge in [0, 0.05) is 12.5 Å². The summed E-state index contributed by atoms with van der Waals surface area (Å²) in [6.07, 6.45) is 9.96. The maximum absolute atomic E-state index is 14.9. The van der Waals surface area contributed by atoms with Gasteiger partial charge in [-0.1, -0.05) is 92.9 Å². The number of benzene rings is 2. The Morgan fingerprint density at radius 3 is 2.35 bits per heavy atom. The van der Waals surface area contributed by atoms with Crippen LogP contribution in [-0.2, 0) is 33.9 Å². The number of unbranched alkanes of at least 4 members (excludes halogenated alkanes) is 1. The number of fused-ring (bicyclic) bond motifs is 2. The molecule has 11 nitrogen and oxygen atoms in total. The summed E-state index contributed by atoms with van der Waals surface area (Å²) >= 11 is 1.72. The molecule has 2 aliphatic heterocycles. The predicted octanol–water partition coefficient (Wildman–Crippen LogP) is 6.58. The first-order valence-electron chi connectivity index (χ1n) is 19.8. The number of carbonyl (C=O) groups is 4. The molecule has 298 valence electrons.